The Morgan fingerprint density at radius 3 is 1.38 bits per heavy atom. The van der Waals surface area contributed by atoms with Crippen molar-refractivity contribution >= 4 is 16.1 Å². The third-order valence-corrected chi connectivity index (χ3v) is 2.59. The van der Waals surface area contributed by atoms with Crippen molar-refractivity contribution in [3.63, 3.8) is 0 Å². The van der Waals surface area contributed by atoms with Crippen LogP contribution >= 0.6 is 16.1 Å². The van der Waals surface area contributed by atoms with Gasteiger partial charge in [0.25, 0.3) is 0 Å². The first-order valence-corrected chi connectivity index (χ1v) is 5.45. The zero-order chi connectivity index (χ0) is 5.86. The first-order chi connectivity index (χ1) is 3.13. The highest BCUT2D eigenvalue weighted by molar-refractivity contribution is 7.52. The maximum absolute atomic E-state index is 10.0. The van der Waals surface area contributed by atoms with Crippen molar-refractivity contribution in [3.05, 3.63) is 0 Å². The molecule has 8 heavy (non-hydrogen) atoms. The molecular formula is C3H12O3P2. The second-order valence-electron chi connectivity index (χ2n) is 1.09. The number of hydrogen-bond acceptors (Lipinski definition) is 3. The Morgan fingerprint density at radius 1 is 1.12 bits per heavy atom. The van der Waals surface area contributed by atoms with Crippen LogP contribution in [0.5, 0.6) is 0 Å². The monoisotopic (exact) mass is 158 g/mol. The summed E-state index contributed by atoms with van der Waals surface area (Å²) in [5.41, 5.74) is 0. The van der Waals surface area contributed by atoms with Gasteiger partial charge in [-0.25, -0.2) is 0 Å². The van der Waals surface area contributed by atoms with Gasteiger partial charge in [-0.2, -0.15) is 0 Å². The predicted octanol–water partition coefficient (Wildman–Crippen LogP) is 1.85. The Kier molecular flexibility index (Phi) is 7.81. The van der Waals surface area contributed by atoms with E-state index < -0.39 is 16.1 Å². The zero-order valence-corrected chi connectivity index (χ0v) is 6.22. The molecule has 0 amide bonds. The first-order valence-electron chi connectivity index (χ1n) is 1.82. The molecule has 0 N–H and O–H groups in total. The molecule has 0 aromatic carbocycles. The summed E-state index contributed by atoms with van der Waals surface area (Å²) in [6.45, 7) is 2.83. The molecule has 0 fully saturated rings. The molecule has 0 aromatic rings. The first kappa shape index (κ1) is 11.2. The SMILES string of the molecule is C.C[PH](=O)O[PH](C)=O. The molecule has 0 aliphatic carbocycles. The topological polar surface area (TPSA) is 43.4 Å². The van der Waals surface area contributed by atoms with Gasteiger partial charge in [-0.05, 0) is 0 Å². The smallest absolute Gasteiger partial charge is 0.194 e. The Morgan fingerprint density at radius 2 is 1.38 bits per heavy atom. The summed E-state index contributed by atoms with van der Waals surface area (Å²) >= 11 is 0. The molecule has 0 radical (unpaired) electrons. The van der Waals surface area contributed by atoms with Gasteiger partial charge in [0, 0.05) is 13.3 Å². The molecule has 0 rings (SSSR count). The molecule has 0 saturated carbocycles. The van der Waals surface area contributed by atoms with Crippen molar-refractivity contribution < 1.29 is 13.4 Å². The lowest BCUT2D eigenvalue weighted by atomic mass is 12.0. The van der Waals surface area contributed by atoms with Crippen LogP contribution in [-0.2, 0) is 13.4 Å². The zero-order valence-electron chi connectivity index (χ0n) is 4.22. The summed E-state index contributed by atoms with van der Waals surface area (Å²) in [7, 11) is -3.90. The standard InChI is InChI=1S/C2H8O3P2.CH4/c1-6(3)5-7(2)4;/h6-7H,1-2H3;1H4. The minimum atomic E-state index is -1.95. The van der Waals surface area contributed by atoms with Gasteiger partial charge in [0.15, 0.2) is 16.1 Å². The summed E-state index contributed by atoms with van der Waals surface area (Å²) < 4.78 is 24.4. The fourth-order valence-corrected chi connectivity index (χ4v) is 1.82. The van der Waals surface area contributed by atoms with Gasteiger partial charge < -0.3 is 0 Å². The van der Waals surface area contributed by atoms with Crippen LogP contribution in [-0.4, -0.2) is 13.3 Å². The van der Waals surface area contributed by atoms with Crippen LogP contribution in [0.3, 0.4) is 0 Å². The molecule has 0 heterocycles. The summed E-state index contributed by atoms with van der Waals surface area (Å²) in [5, 5.41) is 0. The molecule has 0 aromatic heterocycles. The maximum Gasteiger partial charge on any atom is 0.194 e. The van der Waals surface area contributed by atoms with Crippen LogP contribution in [0.2, 0.25) is 0 Å². The van der Waals surface area contributed by atoms with Crippen LogP contribution in [0.25, 0.3) is 0 Å². The van der Waals surface area contributed by atoms with E-state index >= 15 is 0 Å². The Labute approximate surface area is 51.2 Å². The average Bonchev–Trinajstić information content (AvgIpc) is 1.27. The van der Waals surface area contributed by atoms with Gasteiger partial charge in [0.2, 0.25) is 0 Å². The quantitative estimate of drug-likeness (QED) is 0.576. The lowest BCUT2D eigenvalue weighted by Gasteiger charge is -1.89. The molecule has 52 valence electrons. The van der Waals surface area contributed by atoms with E-state index in [-0.39, 0.29) is 7.43 Å². The van der Waals surface area contributed by atoms with Crippen molar-refractivity contribution in [2.45, 2.75) is 7.43 Å². The van der Waals surface area contributed by atoms with Gasteiger partial charge in [0.05, 0.1) is 0 Å². The van der Waals surface area contributed by atoms with Crippen molar-refractivity contribution in [2.75, 3.05) is 13.3 Å². The summed E-state index contributed by atoms with van der Waals surface area (Å²) in [6.07, 6.45) is 0. The van der Waals surface area contributed by atoms with Gasteiger partial charge in [-0.1, -0.05) is 7.43 Å². The highest BCUT2D eigenvalue weighted by Crippen LogP contribution is 2.31. The van der Waals surface area contributed by atoms with Gasteiger partial charge >= 0.3 is 0 Å². The maximum atomic E-state index is 10.0. The summed E-state index contributed by atoms with van der Waals surface area (Å²) in [5.74, 6) is 0. The molecule has 0 aliphatic heterocycles. The molecule has 2 atom stereocenters. The lowest BCUT2D eigenvalue weighted by Crippen LogP contribution is -1.56. The van der Waals surface area contributed by atoms with E-state index in [1.165, 1.54) is 13.3 Å². The summed E-state index contributed by atoms with van der Waals surface area (Å²) in [6, 6.07) is 0. The van der Waals surface area contributed by atoms with E-state index in [4.69, 9.17) is 0 Å². The molecule has 2 unspecified atom stereocenters. The third-order valence-electron chi connectivity index (χ3n) is 0.287. The van der Waals surface area contributed by atoms with E-state index in [9.17, 15) is 9.13 Å². The lowest BCUT2D eigenvalue weighted by molar-refractivity contribution is 0.496. The van der Waals surface area contributed by atoms with Gasteiger partial charge in [0.1, 0.15) is 0 Å². The molecule has 0 bridgehead atoms. The van der Waals surface area contributed by atoms with Gasteiger partial charge in [-0.3, -0.25) is 13.4 Å². The van der Waals surface area contributed by atoms with Crippen molar-refractivity contribution in [2.24, 2.45) is 0 Å². The third kappa shape index (κ3) is 9.65. The molecule has 5 heteroatoms. The van der Waals surface area contributed by atoms with E-state index in [1.54, 1.807) is 0 Å². The Bertz CT molecular complexity index is 88.7. The average molecular weight is 158 g/mol. The number of hydrogen-bond donors (Lipinski definition) is 0. The molecular weight excluding hydrogens is 146 g/mol. The molecule has 0 spiro atoms. The van der Waals surface area contributed by atoms with Crippen molar-refractivity contribution in [3.8, 4) is 0 Å². The van der Waals surface area contributed by atoms with Crippen LogP contribution in [0.4, 0.5) is 0 Å². The fourth-order valence-electron chi connectivity index (χ4n) is 0.202. The summed E-state index contributed by atoms with van der Waals surface area (Å²) in [4.78, 5) is 0. The fraction of sp³-hybridized carbons (Fsp3) is 1.00. The van der Waals surface area contributed by atoms with Crippen LogP contribution in [0, 0.1) is 0 Å². The van der Waals surface area contributed by atoms with Gasteiger partial charge in [-0.15, -0.1) is 0 Å². The van der Waals surface area contributed by atoms with Crippen molar-refractivity contribution in [1.82, 2.24) is 0 Å². The second kappa shape index (κ2) is 5.55. The van der Waals surface area contributed by atoms with Crippen molar-refractivity contribution in [1.29, 1.82) is 0 Å². The largest absolute Gasteiger partial charge is 0.296 e. The Hall–Kier alpha value is 0.420. The highest BCUT2D eigenvalue weighted by Gasteiger charge is 1.89. The van der Waals surface area contributed by atoms with Crippen LogP contribution < -0.4 is 0 Å². The Balaban J connectivity index is 0. The van der Waals surface area contributed by atoms with E-state index in [2.05, 4.69) is 4.31 Å². The van der Waals surface area contributed by atoms with E-state index in [0.717, 1.165) is 0 Å². The normalized spacial score (nSPS) is 16.2. The minimum Gasteiger partial charge on any atom is -0.296 e. The van der Waals surface area contributed by atoms with Crippen LogP contribution in [0.1, 0.15) is 7.43 Å². The molecule has 0 saturated heterocycles. The minimum absolute atomic E-state index is 0. The van der Waals surface area contributed by atoms with Crippen LogP contribution in [0.15, 0.2) is 0 Å². The number of rotatable bonds is 2. The highest BCUT2D eigenvalue weighted by atomic mass is 31.2. The van der Waals surface area contributed by atoms with E-state index in [0.29, 0.717) is 0 Å². The molecule has 0 aliphatic rings. The van der Waals surface area contributed by atoms with E-state index in [1.807, 2.05) is 0 Å². The predicted molar refractivity (Wildman–Crippen MR) is 37.7 cm³/mol. The second-order valence-corrected chi connectivity index (χ2v) is 3.87. The molecule has 3 nitrogen and oxygen atoms in total.